The minimum absolute atomic E-state index is 0.341. The molecule has 1 aliphatic rings. The number of rotatable bonds is 5. The second-order valence-corrected chi connectivity index (χ2v) is 5.83. The standard InChI is InChI=1S/C16H25NO2/c1-12(2)17-9-8-14(10-17)16(18)11-19-15-6-4-13(3)5-7-15/h4-7,12,14,16,18H,8-11H2,1-3H3. The molecule has 0 radical (unpaired) electrons. The first-order chi connectivity index (χ1) is 9.06. The molecule has 0 amide bonds. The van der Waals surface area contributed by atoms with Crippen LogP contribution in [0, 0.1) is 12.8 Å². The Labute approximate surface area is 116 Å². The molecule has 3 nitrogen and oxygen atoms in total. The number of hydrogen-bond acceptors (Lipinski definition) is 3. The molecule has 1 heterocycles. The second kappa shape index (κ2) is 6.40. The highest BCUT2D eigenvalue weighted by atomic mass is 16.5. The van der Waals surface area contributed by atoms with Gasteiger partial charge in [-0.1, -0.05) is 17.7 Å². The first kappa shape index (κ1) is 14.4. The lowest BCUT2D eigenvalue weighted by molar-refractivity contribution is 0.0583. The van der Waals surface area contributed by atoms with Crippen molar-refractivity contribution in [3.8, 4) is 5.75 Å². The monoisotopic (exact) mass is 263 g/mol. The molecule has 2 atom stereocenters. The molecule has 0 spiro atoms. The number of likely N-dealkylation sites (tertiary alicyclic amines) is 1. The molecular formula is C16H25NO2. The van der Waals surface area contributed by atoms with E-state index in [9.17, 15) is 5.11 Å². The van der Waals surface area contributed by atoms with Crippen molar-refractivity contribution < 1.29 is 9.84 Å². The molecule has 2 rings (SSSR count). The molecule has 0 saturated carbocycles. The first-order valence-corrected chi connectivity index (χ1v) is 7.18. The van der Waals surface area contributed by atoms with Crippen LogP contribution in [0.5, 0.6) is 5.75 Å². The van der Waals surface area contributed by atoms with E-state index in [0.717, 1.165) is 25.3 Å². The molecule has 1 saturated heterocycles. The van der Waals surface area contributed by atoms with E-state index in [1.165, 1.54) is 5.56 Å². The number of benzene rings is 1. The SMILES string of the molecule is Cc1ccc(OCC(O)C2CCN(C(C)C)C2)cc1. The maximum absolute atomic E-state index is 10.2. The Morgan fingerprint density at radius 2 is 2.00 bits per heavy atom. The quantitative estimate of drug-likeness (QED) is 0.886. The highest BCUT2D eigenvalue weighted by Gasteiger charge is 2.29. The van der Waals surface area contributed by atoms with Crippen LogP contribution < -0.4 is 4.74 Å². The molecule has 0 aliphatic carbocycles. The molecule has 0 aromatic heterocycles. The van der Waals surface area contributed by atoms with Crippen LogP contribution in [0.1, 0.15) is 25.8 Å². The molecule has 1 fully saturated rings. The van der Waals surface area contributed by atoms with E-state index in [-0.39, 0.29) is 6.10 Å². The van der Waals surface area contributed by atoms with E-state index in [0.29, 0.717) is 18.6 Å². The summed E-state index contributed by atoms with van der Waals surface area (Å²) in [6.07, 6.45) is 0.696. The fourth-order valence-electron chi connectivity index (χ4n) is 2.55. The molecule has 3 heteroatoms. The van der Waals surface area contributed by atoms with Gasteiger partial charge in [0.25, 0.3) is 0 Å². The van der Waals surface area contributed by atoms with Gasteiger partial charge in [0.1, 0.15) is 12.4 Å². The normalized spacial score (nSPS) is 21.8. The van der Waals surface area contributed by atoms with Gasteiger partial charge in [0.05, 0.1) is 6.10 Å². The van der Waals surface area contributed by atoms with Crippen molar-refractivity contribution in [3.63, 3.8) is 0 Å². The topological polar surface area (TPSA) is 32.7 Å². The maximum atomic E-state index is 10.2. The van der Waals surface area contributed by atoms with Crippen molar-refractivity contribution in [2.24, 2.45) is 5.92 Å². The molecule has 1 N–H and O–H groups in total. The summed E-state index contributed by atoms with van der Waals surface area (Å²) >= 11 is 0. The average Bonchev–Trinajstić information content (AvgIpc) is 2.87. The Morgan fingerprint density at radius 3 is 2.58 bits per heavy atom. The van der Waals surface area contributed by atoms with Crippen LogP contribution in [-0.4, -0.2) is 41.8 Å². The summed E-state index contributed by atoms with van der Waals surface area (Å²) in [6, 6.07) is 8.53. The van der Waals surface area contributed by atoms with Crippen LogP contribution in [0.3, 0.4) is 0 Å². The Balaban J connectivity index is 1.78. The van der Waals surface area contributed by atoms with Crippen molar-refractivity contribution in [2.45, 2.75) is 39.3 Å². The van der Waals surface area contributed by atoms with Crippen molar-refractivity contribution >= 4 is 0 Å². The van der Waals surface area contributed by atoms with Gasteiger partial charge >= 0.3 is 0 Å². The molecule has 1 aliphatic heterocycles. The number of nitrogens with zero attached hydrogens (tertiary/aromatic N) is 1. The van der Waals surface area contributed by atoms with Crippen LogP contribution in [0.2, 0.25) is 0 Å². The van der Waals surface area contributed by atoms with E-state index in [1.807, 2.05) is 24.3 Å². The van der Waals surface area contributed by atoms with Gasteiger partial charge in [-0.15, -0.1) is 0 Å². The average molecular weight is 263 g/mol. The second-order valence-electron chi connectivity index (χ2n) is 5.83. The summed E-state index contributed by atoms with van der Waals surface area (Å²) in [5, 5.41) is 10.2. The van der Waals surface area contributed by atoms with Crippen LogP contribution >= 0.6 is 0 Å². The van der Waals surface area contributed by atoms with Crippen LogP contribution in [0.4, 0.5) is 0 Å². The van der Waals surface area contributed by atoms with Crippen LogP contribution in [0.15, 0.2) is 24.3 Å². The molecule has 19 heavy (non-hydrogen) atoms. The Bertz CT molecular complexity index is 388. The van der Waals surface area contributed by atoms with Crippen molar-refractivity contribution in [1.29, 1.82) is 0 Å². The van der Waals surface area contributed by atoms with E-state index in [4.69, 9.17) is 4.74 Å². The molecule has 1 aromatic rings. The smallest absolute Gasteiger partial charge is 0.119 e. The number of hydrogen-bond donors (Lipinski definition) is 1. The minimum atomic E-state index is -0.370. The molecule has 106 valence electrons. The predicted molar refractivity (Wildman–Crippen MR) is 77.5 cm³/mol. The zero-order valence-corrected chi connectivity index (χ0v) is 12.2. The molecule has 2 unspecified atom stereocenters. The van der Waals surface area contributed by atoms with E-state index in [2.05, 4.69) is 25.7 Å². The van der Waals surface area contributed by atoms with Gasteiger partial charge < -0.3 is 14.7 Å². The Morgan fingerprint density at radius 1 is 1.32 bits per heavy atom. The third-order valence-corrected chi connectivity index (χ3v) is 3.97. The fourth-order valence-corrected chi connectivity index (χ4v) is 2.55. The summed E-state index contributed by atoms with van der Waals surface area (Å²) in [5.74, 6) is 1.18. The lowest BCUT2D eigenvalue weighted by Crippen LogP contribution is -2.33. The number of aliphatic hydroxyl groups is 1. The summed E-state index contributed by atoms with van der Waals surface area (Å²) in [6.45, 7) is 8.92. The maximum Gasteiger partial charge on any atom is 0.119 e. The molecule has 1 aromatic carbocycles. The summed E-state index contributed by atoms with van der Waals surface area (Å²) in [7, 11) is 0. The van der Waals surface area contributed by atoms with Gasteiger partial charge in [0, 0.05) is 18.5 Å². The largest absolute Gasteiger partial charge is 0.491 e. The highest BCUT2D eigenvalue weighted by molar-refractivity contribution is 5.26. The summed E-state index contributed by atoms with van der Waals surface area (Å²) in [5.41, 5.74) is 1.22. The van der Waals surface area contributed by atoms with E-state index >= 15 is 0 Å². The van der Waals surface area contributed by atoms with Gasteiger partial charge in [0.15, 0.2) is 0 Å². The zero-order valence-electron chi connectivity index (χ0n) is 12.2. The first-order valence-electron chi connectivity index (χ1n) is 7.18. The van der Waals surface area contributed by atoms with Crippen molar-refractivity contribution in [2.75, 3.05) is 19.7 Å². The van der Waals surface area contributed by atoms with E-state index < -0.39 is 0 Å². The summed E-state index contributed by atoms with van der Waals surface area (Å²) < 4.78 is 5.66. The molecule has 0 bridgehead atoms. The Kier molecular flexibility index (Phi) is 4.83. The van der Waals surface area contributed by atoms with Gasteiger partial charge in [-0.2, -0.15) is 0 Å². The lowest BCUT2D eigenvalue weighted by Gasteiger charge is -2.22. The van der Waals surface area contributed by atoms with Gasteiger partial charge in [-0.05, 0) is 45.9 Å². The van der Waals surface area contributed by atoms with Crippen molar-refractivity contribution in [3.05, 3.63) is 29.8 Å². The number of aliphatic hydroxyl groups excluding tert-OH is 1. The van der Waals surface area contributed by atoms with Crippen molar-refractivity contribution in [1.82, 2.24) is 4.90 Å². The number of ether oxygens (including phenoxy) is 1. The number of aryl methyl sites for hydroxylation is 1. The Hall–Kier alpha value is -1.06. The fraction of sp³-hybridized carbons (Fsp3) is 0.625. The van der Waals surface area contributed by atoms with E-state index in [1.54, 1.807) is 0 Å². The molecular weight excluding hydrogens is 238 g/mol. The van der Waals surface area contributed by atoms with Gasteiger partial charge in [-0.3, -0.25) is 0 Å². The van der Waals surface area contributed by atoms with Gasteiger partial charge in [0.2, 0.25) is 0 Å². The predicted octanol–water partition coefficient (Wildman–Crippen LogP) is 2.47. The highest BCUT2D eigenvalue weighted by Crippen LogP contribution is 2.22. The van der Waals surface area contributed by atoms with Crippen LogP contribution in [-0.2, 0) is 0 Å². The summed E-state index contributed by atoms with van der Waals surface area (Å²) in [4.78, 5) is 2.42. The van der Waals surface area contributed by atoms with Crippen LogP contribution in [0.25, 0.3) is 0 Å². The third-order valence-electron chi connectivity index (χ3n) is 3.97. The minimum Gasteiger partial charge on any atom is -0.491 e. The lowest BCUT2D eigenvalue weighted by atomic mass is 10.0. The van der Waals surface area contributed by atoms with Gasteiger partial charge in [-0.25, -0.2) is 0 Å². The zero-order chi connectivity index (χ0) is 13.8. The third kappa shape index (κ3) is 3.95.